The molecule has 0 radical (unpaired) electrons. The Morgan fingerprint density at radius 2 is 1.28 bits per heavy atom. The van der Waals surface area contributed by atoms with E-state index >= 15 is 0 Å². The van der Waals surface area contributed by atoms with Crippen molar-refractivity contribution < 1.29 is 33.3 Å². The predicted octanol–water partition coefficient (Wildman–Crippen LogP) is 7.31. The quantitative estimate of drug-likeness (QED) is 0.0433. The fraction of sp³-hybridized carbons (Fsp3) is 0.781. The second-order valence-electron chi connectivity index (χ2n) is 11.1. The Kier molecular flexibility index (Phi) is 20.9. The zero-order chi connectivity index (χ0) is 29.4. The number of rotatable bonds is 23. The van der Waals surface area contributed by atoms with Gasteiger partial charge in [0, 0.05) is 5.41 Å². The van der Waals surface area contributed by atoms with Crippen LogP contribution < -0.4 is 0 Å². The fourth-order valence-corrected chi connectivity index (χ4v) is 4.16. The van der Waals surface area contributed by atoms with Crippen molar-refractivity contribution in [3.8, 4) is 12.0 Å². The lowest BCUT2D eigenvalue weighted by Gasteiger charge is -2.31. The zero-order valence-corrected chi connectivity index (χ0v) is 25.4. The van der Waals surface area contributed by atoms with Gasteiger partial charge in [-0.2, -0.15) is 0 Å². The number of hydrogen-bond donors (Lipinski definition) is 0. The molecule has 0 heterocycles. The Bertz CT molecular complexity index is 762. The molecule has 0 spiro atoms. The third-order valence-corrected chi connectivity index (χ3v) is 6.66. The first-order chi connectivity index (χ1) is 18.6. The highest BCUT2D eigenvalue weighted by atomic mass is 16.6. The smallest absolute Gasteiger partial charge is 0.311 e. The monoisotopic (exact) mass is 550 g/mol. The van der Waals surface area contributed by atoms with Crippen molar-refractivity contribution in [1.29, 1.82) is 0 Å². The minimum atomic E-state index is -0.769. The van der Waals surface area contributed by atoms with Gasteiger partial charge in [-0.1, -0.05) is 90.2 Å². The van der Waals surface area contributed by atoms with E-state index in [1.165, 1.54) is 57.4 Å². The van der Waals surface area contributed by atoms with Gasteiger partial charge in [0.25, 0.3) is 0 Å². The first-order valence-electron chi connectivity index (χ1n) is 14.8. The summed E-state index contributed by atoms with van der Waals surface area (Å²) in [7, 11) is 0. The van der Waals surface area contributed by atoms with Crippen molar-refractivity contribution in [2.75, 3.05) is 26.4 Å². The van der Waals surface area contributed by atoms with Crippen molar-refractivity contribution in [2.45, 2.75) is 125 Å². The van der Waals surface area contributed by atoms with E-state index in [0.29, 0.717) is 13.0 Å². The third-order valence-electron chi connectivity index (χ3n) is 6.66. The van der Waals surface area contributed by atoms with Crippen molar-refractivity contribution in [2.24, 2.45) is 10.8 Å². The largest absolute Gasteiger partial charge is 0.462 e. The molecular formula is C32H54O7. The van der Waals surface area contributed by atoms with Gasteiger partial charge in [-0.3, -0.25) is 14.4 Å². The van der Waals surface area contributed by atoms with Gasteiger partial charge >= 0.3 is 17.9 Å². The van der Waals surface area contributed by atoms with Crippen LogP contribution in [0.1, 0.15) is 125 Å². The SMILES string of the molecule is C=CCOC(=O)CCC(=O)OCCOC(=O)C(C)(C)CC(C)(C#COCCCCCCCCCCCC)CC. The topological polar surface area (TPSA) is 88.1 Å². The number of carbonyl (C=O) groups is 3. The number of unbranched alkanes of at least 4 members (excludes halogenated alkanes) is 9. The molecule has 0 aromatic rings. The molecule has 0 bridgehead atoms. The first kappa shape index (κ1) is 36.5. The molecule has 0 saturated heterocycles. The van der Waals surface area contributed by atoms with Crippen LogP contribution in [0.5, 0.6) is 0 Å². The Labute approximate surface area is 237 Å². The van der Waals surface area contributed by atoms with Crippen molar-refractivity contribution >= 4 is 17.9 Å². The maximum absolute atomic E-state index is 12.7. The van der Waals surface area contributed by atoms with Crippen LogP contribution >= 0.6 is 0 Å². The highest BCUT2D eigenvalue weighted by Gasteiger charge is 2.37. The molecule has 39 heavy (non-hydrogen) atoms. The number of carbonyl (C=O) groups excluding carboxylic acids is 3. The lowest BCUT2D eigenvalue weighted by atomic mass is 9.73. The molecule has 0 aliphatic carbocycles. The van der Waals surface area contributed by atoms with Gasteiger partial charge in [-0.15, -0.1) is 0 Å². The zero-order valence-electron chi connectivity index (χ0n) is 25.4. The van der Waals surface area contributed by atoms with Crippen LogP contribution in [0.25, 0.3) is 0 Å². The number of hydrogen-bond acceptors (Lipinski definition) is 7. The summed E-state index contributed by atoms with van der Waals surface area (Å²) in [5, 5.41) is 0. The molecule has 0 aromatic heterocycles. The molecule has 1 unspecified atom stereocenters. The molecule has 0 aliphatic rings. The van der Waals surface area contributed by atoms with Gasteiger partial charge in [0.2, 0.25) is 0 Å². The molecule has 0 aromatic carbocycles. The van der Waals surface area contributed by atoms with Gasteiger partial charge in [-0.05, 0) is 40.0 Å². The maximum Gasteiger partial charge on any atom is 0.311 e. The van der Waals surface area contributed by atoms with E-state index in [4.69, 9.17) is 18.9 Å². The molecule has 0 fully saturated rings. The highest BCUT2D eigenvalue weighted by molar-refractivity contribution is 5.78. The van der Waals surface area contributed by atoms with E-state index in [-0.39, 0.29) is 38.6 Å². The normalized spacial score (nSPS) is 12.4. The average molecular weight is 551 g/mol. The van der Waals surface area contributed by atoms with E-state index in [9.17, 15) is 14.4 Å². The van der Waals surface area contributed by atoms with Gasteiger partial charge in [0.1, 0.15) is 32.5 Å². The molecule has 224 valence electrons. The van der Waals surface area contributed by atoms with Crippen LogP contribution in [0, 0.1) is 22.9 Å². The van der Waals surface area contributed by atoms with Crippen LogP contribution in [0.3, 0.4) is 0 Å². The summed E-state index contributed by atoms with van der Waals surface area (Å²) in [6.45, 7) is 14.0. The molecule has 0 rings (SSSR count). The molecule has 7 nitrogen and oxygen atoms in total. The summed E-state index contributed by atoms with van der Waals surface area (Å²) < 4.78 is 20.8. The molecule has 7 heteroatoms. The van der Waals surface area contributed by atoms with Gasteiger partial charge in [-0.25, -0.2) is 0 Å². The lowest BCUT2D eigenvalue weighted by Crippen LogP contribution is -2.33. The number of esters is 3. The Hall–Kier alpha value is -2.49. The minimum Gasteiger partial charge on any atom is -0.462 e. The molecule has 0 N–H and O–H groups in total. The molecular weight excluding hydrogens is 496 g/mol. The Balaban J connectivity index is 4.21. The first-order valence-corrected chi connectivity index (χ1v) is 14.8. The Morgan fingerprint density at radius 3 is 1.85 bits per heavy atom. The van der Waals surface area contributed by atoms with E-state index in [1.807, 2.05) is 27.7 Å². The van der Waals surface area contributed by atoms with Gasteiger partial charge in [0.05, 0.1) is 18.3 Å². The summed E-state index contributed by atoms with van der Waals surface area (Å²) in [5.41, 5.74) is -1.16. The second kappa shape index (κ2) is 22.3. The summed E-state index contributed by atoms with van der Waals surface area (Å²) in [6, 6.07) is 0. The molecule has 0 aliphatic heterocycles. The van der Waals surface area contributed by atoms with Crippen LogP contribution in [0.2, 0.25) is 0 Å². The van der Waals surface area contributed by atoms with E-state index < -0.39 is 22.8 Å². The average Bonchev–Trinajstić information content (AvgIpc) is 2.90. The van der Waals surface area contributed by atoms with E-state index in [0.717, 1.165) is 19.3 Å². The summed E-state index contributed by atoms with van der Waals surface area (Å²) >= 11 is 0. The minimum absolute atomic E-state index is 0.0502. The van der Waals surface area contributed by atoms with Crippen molar-refractivity contribution in [3.63, 3.8) is 0 Å². The summed E-state index contributed by atoms with van der Waals surface area (Å²) in [4.78, 5) is 35.8. The maximum atomic E-state index is 12.7. The van der Waals surface area contributed by atoms with Gasteiger partial charge in [0.15, 0.2) is 0 Å². The fourth-order valence-electron chi connectivity index (χ4n) is 4.16. The van der Waals surface area contributed by atoms with E-state index in [1.54, 1.807) is 0 Å². The van der Waals surface area contributed by atoms with Crippen LogP contribution in [0.15, 0.2) is 12.7 Å². The lowest BCUT2D eigenvalue weighted by molar-refractivity contribution is -0.160. The second-order valence-corrected chi connectivity index (χ2v) is 11.1. The summed E-state index contributed by atoms with van der Waals surface area (Å²) in [6.07, 6.45) is 18.2. The summed E-state index contributed by atoms with van der Waals surface area (Å²) in [5.74, 6) is 1.80. The van der Waals surface area contributed by atoms with Crippen molar-refractivity contribution in [1.82, 2.24) is 0 Å². The van der Waals surface area contributed by atoms with Crippen molar-refractivity contribution in [3.05, 3.63) is 12.7 Å². The molecule has 0 saturated carbocycles. The van der Waals surface area contributed by atoms with Crippen LogP contribution in [0.4, 0.5) is 0 Å². The van der Waals surface area contributed by atoms with Crippen LogP contribution in [-0.4, -0.2) is 44.3 Å². The predicted molar refractivity (Wildman–Crippen MR) is 155 cm³/mol. The highest BCUT2D eigenvalue weighted by Crippen LogP contribution is 2.37. The Morgan fingerprint density at radius 1 is 0.744 bits per heavy atom. The van der Waals surface area contributed by atoms with E-state index in [2.05, 4.69) is 25.5 Å². The third kappa shape index (κ3) is 20.1. The number of ether oxygens (including phenoxy) is 4. The molecule has 0 amide bonds. The molecule has 1 atom stereocenters. The van der Waals surface area contributed by atoms with Crippen LogP contribution in [-0.2, 0) is 33.3 Å². The van der Waals surface area contributed by atoms with Gasteiger partial charge < -0.3 is 18.9 Å². The standard InChI is InChI=1S/C32H54O7/c1-7-10-11-12-13-14-15-16-17-18-23-36-24-21-32(6,9-3)27-31(4,5)30(35)39-26-25-38-29(34)20-19-28(33)37-22-8-2/h8H,2,7,9-20,22-23,25-27H2,1,3-6H3.